The van der Waals surface area contributed by atoms with E-state index in [0.29, 0.717) is 0 Å². The molecule has 114 valence electrons. The molecule has 12 heteroatoms. The Morgan fingerprint density at radius 2 is 1.90 bits per heavy atom. The number of rotatable bonds is 4. The van der Waals surface area contributed by atoms with Crippen LogP contribution in [0.3, 0.4) is 0 Å². The second-order valence-electron chi connectivity index (χ2n) is 3.24. The van der Waals surface area contributed by atoms with E-state index in [2.05, 4.69) is 9.72 Å². The molecule has 0 aliphatic rings. The van der Waals surface area contributed by atoms with E-state index in [-0.39, 0.29) is 6.07 Å². The number of ether oxygens (including phenoxy) is 1. The van der Waals surface area contributed by atoms with Gasteiger partial charge >= 0.3 is 6.36 Å². The summed E-state index contributed by atoms with van der Waals surface area (Å²) in [6.07, 6.45) is -8.56. The van der Waals surface area contributed by atoms with Crippen molar-refractivity contribution in [2.45, 2.75) is 23.6 Å². The van der Waals surface area contributed by atoms with E-state index in [4.69, 9.17) is 22.3 Å². The number of halogens is 7. The molecular weight excluding hydrogens is 356 g/mol. The Labute approximate surface area is 118 Å². The number of alkyl halides is 6. The number of nitrogens with zero attached hydrogens (tertiary/aromatic N) is 1. The average Bonchev–Trinajstić information content (AvgIpc) is 2.23. The van der Waals surface area contributed by atoms with Crippen molar-refractivity contribution < 1.29 is 35.1 Å². The molecule has 0 aliphatic heterocycles. The van der Waals surface area contributed by atoms with Crippen molar-refractivity contribution in [2.24, 2.45) is 0 Å². The molecule has 20 heavy (non-hydrogen) atoms. The zero-order valence-electron chi connectivity index (χ0n) is 9.09. The van der Waals surface area contributed by atoms with Crippen molar-refractivity contribution >= 4 is 31.3 Å². The summed E-state index contributed by atoms with van der Waals surface area (Å²) in [5.41, 5.74) is -1.89. The van der Waals surface area contributed by atoms with Gasteiger partial charge in [-0.2, -0.15) is 0 Å². The van der Waals surface area contributed by atoms with Gasteiger partial charge in [-0.1, -0.05) is 0 Å². The predicted octanol–water partition coefficient (Wildman–Crippen LogP) is 3.58. The summed E-state index contributed by atoms with van der Waals surface area (Å²) < 4.78 is 87.4. The van der Waals surface area contributed by atoms with Gasteiger partial charge in [-0.15, -0.1) is 24.8 Å². The second-order valence-corrected chi connectivity index (χ2v) is 6.01. The van der Waals surface area contributed by atoms with Gasteiger partial charge in [0.1, 0.15) is 10.6 Å². The van der Waals surface area contributed by atoms with Crippen LogP contribution >= 0.6 is 22.3 Å². The third-order valence-electron chi connectivity index (χ3n) is 1.85. The molecule has 1 aromatic heterocycles. The monoisotopic (exact) mass is 359 g/mol. The number of hydrogen-bond acceptors (Lipinski definition) is 4. The first kappa shape index (κ1) is 17.2. The minimum Gasteiger partial charge on any atom is -0.404 e. The topological polar surface area (TPSA) is 56.3 Å². The second kappa shape index (κ2) is 5.86. The van der Waals surface area contributed by atoms with Gasteiger partial charge in [0.15, 0.2) is 5.75 Å². The van der Waals surface area contributed by atoms with Crippen molar-refractivity contribution in [1.82, 2.24) is 4.98 Å². The predicted molar refractivity (Wildman–Crippen MR) is 58.5 cm³/mol. The van der Waals surface area contributed by atoms with Gasteiger partial charge in [-0.05, 0) is 0 Å². The standard InChI is InChI=1S/C8H4Cl2F5NO3S/c9-2-4-6(20(10,17)18)5(19-8(13,14)15)1-3(16-4)7(11)12/h1,7H,2H2. The van der Waals surface area contributed by atoms with Crippen molar-refractivity contribution in [3.05, 3.63) is 17.5 Å². The Hall–Kier alpha value is -0.870. The normalized spacial score (nSPS) is 12.8. The molecule has 0 amide bonds. The van der Waals surface area contributed by atoms with E-state index in [0.717, 1.165) is 0 Å². The van der Waals surface area contributed by atoms with E-state index < -0.39 is 49.8 Å². The molecule has 0 N–H and O–H groups in total. The summed E-state index contributed by atoms with van der Waals surface area (Å²) in [7, 11) is 0.211. The van der Waals surface area contributed by atoms with E-state index >= 15 is 0 Å². The summed E-state index contributed by atoms with van der Waals surface area (Å²) in [5.74, 6) is -2.16. The van der Waals surface area contributed by atoms with Gasteiger partial charge in [0.05, 0.1) is 11.6 Å². The minimum atomic E-state index is -5.30. The molecule has 0 aromatic carbocycles. The van der Waals surface area contributed by atoms with Crippen LogP contribution < -0.4 is 4.74 Å². The highest BCUT2D eigenvalue weighted by Gasteiger charge is 2.36. The van der Waals surface area contributed by atoms with Crippen LogP contribution in [-0.4, -0.2) is 19.8 Å². The fourth-order valence-corrected chi connectivity index (χ4v) is 2.75. The van der Waals surface area contributed by atoms with Crippen LogP contribution in [0.4, 0.5) is 22.0 Å². The van der Waals surface area contributed by atoms with Gasteiger partial charge < -0.3 is 4.74 Å². The lowest BCUT2D eigenvalue weighted by Gasteiger charge is -2.15. The maximum atomic E-state index is 12.5. The van der Waals surface area contributed by atoms with Crippen molar-refractivity contribution in [3.63, 3.8) is 0 Å². The summed E-state index contributed by atoms with van der Waals surface area (Å²) in [6, 6.07) is 0.142. The van der Waals surface area contributed by atoms with E-state index in [1.807, 2.05) is 0 Å². The smallest absolute Gasteiger partial charge is 0.404 e. The Kier molecular flexibility index (Phi) is 5.03. The molecule has 0 spiro atoms. The Bertz CT molecular complexity index is 605. The third-order valence-corrected chi connectivity index (χ3v) is 3.49. The molecule has 0 unspecified atom stereocenters. The first-order valence-electron chi connectivity index (χ1n) is 4.54. The molecule has 4 nitrogen and oxygen atoms in total. The van der Waals surface area contributed by atoms with Crippen molar-refractivity contribution in [1.29, 1.82) is 0 Å². The Balaban J connectivity index is 3.62. The lowest BCUT2D eigenvalue weighted by Crippen LogP contribution is -2.20. The van der Waals surface area contributed by atoms with Crippen LogP contribution in [0.25, 0.3) is 0 Å². The van der Waals surface area contributed by atoms with Crippen molar-refractivity contribution in [2.75, 3.05) is 0 Å². The van der Waals surface area contributed by atoms with Crippen LogP contribution in [0.1, 0.15) is 17.8 Å². The zero-order chi connectivity index (χ0) is 15.7. The van der Waals surface area contributed by atoms with E-state index in [1.54, 1.807) is 0 Å². The van der Waals surface area contributed by atoms with Crippen molar-refractivity contribution in [3.8, 4) is 5.75 Å². The van der Waals surface area contributed by atoms with Gasteiger partial charge in [0.25, 0.3) is 15.5 Å². The molecule has 1 aromatic rings. The first-order valence-corrected chi connectivity index (χ1v) is 7.38. The number of hydrogen-bond donors (Lipinski definition) is 0. The van der Waals surface area contributed by atoms with Crippen LogP contribution in [0.5, 0.6) is 5.75 Å². The minimum absolute atomic E-state index is 0.142. The molecule has 0 fully saturated rings. The molecule has 0 atom stereocenters. The Morgan fingerprint density at radius 1 is 1.35 bits per heavy atom. The van der Waals surface area contributed by atoms with Crippen LogP contribution in [0.15, 0.2) is 11.0 Å². The maximum absolute atomic E-state index is 12.5. The molecule has 0 bridgehead atoms. The molecule has 0 saturated heterocycles. The van der Waals surface area contributed by atoms with Crippen LogP contribution in [0.2, 0.25) is 0 Å². The SMILES string of the molecule is O=S(=O)(Cl)c1c(OC(F)(F)F)cc(C(F)F)nc1CCl. The highest BCUT2D eigenvalue weighted by Crippen LogP contribution is 2.36. The maximum Gasteiger partial charge on any atom is 0.573 e. The summed E-state index contributed by atoms with van der Waals surface area (Å²) in [6.45, 7) is 0. The largest absolute Gasteiger partial charge is 0.573 e. The van der Waals surface area contributed by atoms with Gasteiger partial charge in [-0.3, -0.25) is 0 Å². The van der Waals surface area contributed by atoms with E-state index in [1.165, 1.54) is 0 Å². The van der Waals surface area contributed by atoms with Gasteiger partial charge in [-0.25, -0.2) is 22.2 Å². The molecule has 0 aliphatic carbocycles. The van der Waals surface area contributed by atoms with Gasteiger partial charge in [0, 0.05) is 16.7 Å². The first-order chi connectivity index (χ1) is 8.95. The summed E-state index contributed by atoms with van der Waals surface area (Å²) >= 11 is 5.29. The molecular formula is C8H4Cl2F5NO3S. The number of pyridine rings is 1. The fourth-order valence-electron chi connectivity index (χ4n) is 1.24. The average molecular weight is 360 g/mol. The molecule has 1 rings (SSSR count). The Morgan fingerprint density at radius 3 is 2.25 bits per heavy atom. The van der Waals surface area contributed by atoms with E-state index in [9.17, 15) is 30.4 Å². The number of aromatic nitrogens is 1. The lowest BCUT2D eigenvalue weighted by atomic mass is 10.3. The van der Waals surface area contributed by atoms with Gasteiger partial charge in [0.2, 0.25) is 0 Å². The molecule has 0 radical (unpaired) electrons. The summed E-state index contributed by atoms with van der Waals surface area (Å²) in [5, 5.41) is 0. The molecule has 1 heterocycles. The third kappa shape index (κ3) is 4.32. The summed E-state index contributed by atoms with van der Waals surface area (Å²) in [4.78, 5) is 1.96. The quantitative estimate of drug-likeness (QED) is 0.468. The zero-order valence-corrected chi connectivity index (χ0v) is 11.4. The fraction of sp³-hybridized carbons (Fsp3) is 0.375. The highest BCUT2D eigenvalue weighted by atomic mass is 35.7. The highest BCUT2D eigenvalue weighted by molar-refractivity contribution is 8.13. The molecule has 0 saturated carbocycles. The van der Waals surface area contributed by atoms with Crippen LogP contribution in [-0.2, 0) is 14.9 Å². The van der Waals surface area contributed by atoms with Crippen LogP contribution in [0, 0.1) is 0 Å². The lowest BCUT2D eigenvalue weighted by molar-refractivity contribution is -0.275.